The third-order valence-corrected chi connectivity index (χ3v) is 3.12. The number of carbonyl (C=O) groups excluding carboxylic acids is 1. The van der Waals surface area contributed by atoms with E-state index in [4.69, 9.17) is 0 Å². The molecule has 0 aromatic carbocycles. The van der Waals surface area contributed by atoms with E-state index in [-0.39, 0.29) is 12.4 Å². The lowest BCUT2D eigenvalue weighted by Gasteiger charge is -2.32. The Morgan fingerprint density at radius 3 is 2.33 bits per heavy atom. The van der Waals surface area contributed by atoms with Crippen molar-refractivity contribution in [1.82, 2.24) is 10.2 Å². The van der Waals surface area contributed by atoms with Crippen LogP contribution in [0.3, 0.4) is 0 Å². The largest absolute Gasteiger partial charge is 0.397 e. The van der Waals surface area contributed by atoms with Gasteiger partial charge in [-0.05, 0) is 38.8 Å². The van der Waals surface area contributed by atoms with Gasteiger partial charge in [-0.1, -0.05) is 0 Å². The molecule has 1 aliphatic heterocycles. The molecule has 0 aromatic heterocycles. The number of nitrogens with zero attached hydrogens (tertiary/aromatic N) is 1. The highest BCUT2D eigenvalue weighted by atomic mass is 35.5. The number of rotatable bonds is 4. The molecule has 1 fully saturated rings. The van der Waals surface area contributed by atoms with Crippen LogP contribution in [0, 0.1) is 5.92 Å². The maximum Gasteiger partial charge on any atom is 0.397 e. The van der Waals surface area contributed by atoms with Gasteiger partial charge in [0.05, 0.1) is 0 Å². The molecule has 1 aliphatic rings. The van der Waals surface area contributed by atoms with Gasteiger partial charge >= 0.3 is 6.18 Å². The molecule has 1 heterocycles. The molecular formula is C11H20ClF3N2O. The van der Waals surface area contributed by atoms with E-state index in [2.05, 4.69) is 5.32 Å². The van der Waals surface area contributed by atoms with E-state index < -0.39 is 18.5 Å². The third kappa shape index (κ3) is 6.44. The maximum atomic E-state index is 12.0. The van der Waals surface area contributed by atoms with Crippen LogP contribution in [-0.2, 0) is 4.79 Å². The van der Waals surface area contributed by atoms with Gasteiger partial charge in [0.15, 0.2) is 0 Å². The van der Waals surface area contributed by atoms with Crippen molar-refractivity contribution >= 4 is 18.3 Å². The van der Waals surface area contributed by atoms with Crippen LogP contribution in [0.25, 0.3) is 0 Å². The second-order valence-electron chi connectivity index (χ2n) is 4.51. The highest BCUT2D eigenvalue weighted by molar-refractivity contribution is 5.85. The number of amides is 1. The number of halogens is 4. The van der Waals surface area contributed by atoms with Crippen LogP contribution in [0.15, 0.2) is 0 Å². The minimum atomic E-state index is -4.39. The molecule has 1 rings (SSSR count). The SMILES string of the molecule is CNCCC1CCN(C(=O)CC(F)(F)F)CC1.Cl. The Bertz CT molecular complexity index is 253. The number of carbonyl (C=O) groups is 1. The fourth-order valence-corrected chi connectivity index (χ4v) is 2.10. The van der Waals surface area contributed by atoms with Gasteiger partial charge in [0, 0.05) is 13.1 Å². The van der Waals surface area contributed by atoms with E-state index in [1.54, 1.807) is 0 Å². The lowest BCUT2D eigenvalue weighted by atomic mass is 9.93. The normalized spacial score (nSPS) is 17.4. The van der Waals surface area contributed by atoms with Crippen molar-refractivity contribution in [2.45, 2.75) is 31.9 Å². The van der Waals surface area contributed by atoms with Crippen molar-refractivity contribution in [3.63, 3.8) is 0 Å². The summed E-state index contributed by atoms with van der Waals surface area (Å²) >= 11 is 0. The van der Waals surface area contributed by atoms with Gasteiger partial charge in [-0.3, -0.25) is 4.79 Å². The van der Waals surface area contributed by atoms with Crippen molar-refractivity contribution in [2.75, 3.05) is 26.7 Å². The first-order valence-electron chi connectivity index (χ1n) is 5.91. The molecule has 0 atom stereocenters. The smallest absolute Gasteiger partial charge is 0.342 e. The molecule has 0 aliphatic carbocycles. The molecule has 0 saturated carbocycles. The molecule has 0 unspecified atom stereocenters. The van der Waals surface area contributed by atoms with Crippen LogP contribution < -0.4 is 5.32 Å². The van der Waals surface area contributed by atoms with E-state index >= 15 is 0 Å². The number of piperidine rings is 1. The first-order valence-corrected chi connectivity index (χ1v) is 5.91. The van der Waals surface area contributed by atoms with Crippen LogP contribution in [-0.4, -0.2) is 43.7 Å². The zero-order valence-corrected chi connectivity index (χ0v) is 11.2. The van der Waals surface area contributed by atoms with Crippen LogP contribution >= 0.6 is 12.4 Å². The van der Waals surface area contributed by atoms with E-state index in [9.17, 15) is 18.0 Å². The molecule has 0 aromatic rings. The predicted molar refractivity (Wildman–Crippen MR) is 65.8 cm³/mol. The lowest BCUT2D eigenvalue weighted by Crippen LogP contribution is -2.40. The average molecular weight is 289 g/mol. The van der Waals surface area contributed by atoms with Gasteiger partial charge in [0.25, 0.3) is 0 Å². The first-order chi connectivity index (χ1) is 7.92. The summed E-state index contributed by atoms with van der Waals surface area (Å²) in [7, 11) is 1.88. The molecule has 7 heteroatoms. The van der Waals surface area contributed by atoms with Gasteiger partial charge in [-0.2, -0.15) is 13.2 Å². The summed E-state index contributed by atoms with van der Waals surface area (Å²) in [5.41, 5.74) is 0. The zero-order valence-electron chi connectivity index (χ0n) is 10.4. The quantitative estimate of drug-likeness (QED) is 0.860. The molecule has 1 saturated heterocycles. The Hall–Kier alpha value is -0.490. The maximum absolute atomic E-state index is 12.0. The number of likely N-dealkylation sites (tertiary alicyclic amines) is 1. The Kier molecular flexibility index (Phi) is 7.62. The second-order valence-corrected chi connectivity index (χ2v) is 4.51. The molecule has 0 bridgehead atoms. The Labute approximate surface area is 112 Å². The Morgan fingerprint density at radius 1 is 1.33 bits per heavy atom. The van der Waals surface area contributed by atoms with Crippen molar-refractivity contribution in [1.29, 1.82) is 0 Å². The average Bonchev–Trinajstić information content (AvgIpc) is 2.24. The highest BCUT2D eigenvalue weighted by Gasteiger charge is 2.34. The second kappa shape index (κ2) is 7.84. The summed E-state index contributed by atoms with van der Waals surface area (Å²) in [6.45, 7) is 1.84. The van der Waals surface area contributed by atoms with Crippen molar-refractivity contribution in [2.24, 2.45) is 5.92 Å². The van der Waals surface area contributed by atoms with Gasteiger partial charge in [-0.15, -0.1) is 12.4 Å². The number of alkyl halides is 3. The Morgan fingerprint density at radius 2 is 1.89 bits per heavy atom. The highest BCUT2D eigenvalue weighted by Crippen LogP contribution is 2.24. The van der Waals surface area contributed by atoms with Gasteiger partial charge < -0.3 is 10.2 Å². The topological polar surface area (TPSA) is 32.3 Å². The van der Waals surface area contributed by atoms with E-state index in [0.29, 0.717) is 19.0 Å². The van der Waals surface area contributed by atoms with Gasteiger partial charge in [-0.25, -0.2) is 0 Å². The number of hydrogen-bond donors (Lipinski definition) is 1. The molecule has 0 spiro atoms. The summed E-state index contributed by atoms with van der Waals surface area (Å²) in [5, 5.41) is 3.05. The van der Waals surface area contributed by atoms with Crippen molar-refractivity contribution in [3.05, 3.63) is 0 Å². The van der Waals surface area contributed by atoms with Crippen LogP contribution in [0.4, 0.5) is 13.2 Å². The predicted octanol–water partition coefficient (Wildman–Crippen LogP) is 2.21. The first kappa shape index (κ1) is 17.5. The molecule has 3 nitrogen and oxygen atoms in total. The molecule has 1 N–H and O–H groups in total. The number of hydrogen-bond acceptors (Lipinski definition) is 2. The third-order valence-electron chi connectivity index (χ3n) is 3.12. The summed E-state index contributed by atoms with van der Waals surface area (Å²) in [6, 6.07) is 0. The molecular weight excluding hydrogens is 269 g/mol. The summed E-state index contributed by atoms with van der Waals surface area (Å²) in [5.74, 6) is -0.262. The van der Waals surface area contributed by atoms with E-state index in [1.807, 2.05) is 7.05 Å². The van der Waals surface area contributed by atoms with Crippen LogP contribution in [0.2, 0.25) is 0 Å². The molecule has 0 radical (unpaired) electrons. The van der Waals surface area contributed by atoms with Gasteiger partial charge in [0.2, 0.25) is 5.91 Å². The van der Waals surface area contributed by atoms with E-state index in [1.165, 1.54) is 4.90 Å². The lowest BCUT2D eigenvalue weighted by molar-refractivity contribution is -0.162. The fraction of sp³-hybridized carbons (Fsp3) is 0.909. The summed E-state index contributed by atoms with van der Waals surface area (Å²) < 4.78 is 36.1. The standard InChI is InChI=1S/C11H19F3N2O.ClH/c1-15-5-2-9-3-6-16(7-4-9)10(17)8-11(12,13)14;/h9,15H,2-8H2,1H3;1H. The summed E-state index contributed by atoms with van der Waals surface area (Å²) in [6.07, 6.45) is -3.07. The minimum Gasteiger partial charge on any atom is -0.342 e. The van der Waals surface area contributed by atoms with Crippen molar-refractivity contribution < 1.29 is 18.0 Å². The monoisotopic (exact) mass is 288 g/mol. The van der Waals surface area contributed by atoms with Crippen LogP contribution in [0.5, 0.6) is 0 Å². The molecule has 108 valence electrons. The molecule has 1 amide bonds. The number of nitrogens with one attached hydrogen (secondary N) is 1. The summed E-state index contributed by atoms with van der Waals surface area (Å²) in [4.78, 5) is 12.7. The zero-order chi connectivity index (χ0) is 12.9. The minimum absolute atomic E-state index is 0. The van der Waals surface area contributed by atoms with Gasteiger partial charge in [0.1, 0.15) is 6.42 Å². The van der Waals surface area contributed by atoms with E-state index in [0.717, 1.165) is 25.8 Å². The van der Waals surface area contributed by atoms with Crippen LogP contribution in [0.1, 0.15) is 25.7 Å². The fourth-order valence-electron chi connectivity index (χ4n) is 2.10. The Balaban J connectivity index is 0.00000289. The van der Waals surface area contributed by atoms with Crippen molar-refractivity contribution in [3.8, 4) is 0 Å². The molecule has 18 heavy (non-hydrogen) atoms.